The molecule has 0 saturated carbocycles. The van der Waals surface area contributed by atoms with Gasteiger partial charge in [-0.05, 0) is 32.9 Å². The fourth-order valence-electron chi connectivity index (χ4n) is 1.22. The van der Waals surface area contributed by atoms with Crippen LogP contribution in [-0.2, 0) is 9.63 Å². The summed E-state index contributed by atoms with van der Waals surface area (Å²) < 4.78 is 5.07. The third-order valence-corrected chi connectivity index (χ3v) is 1.96. The van der Waals surface area contributed by atoms with Gasteiger partial charge < -0.3 is 10.1 Å². The van der Waals surface area contributed by atoms with Crippen LogP contribution in [0.5, 0.6) is 5.75 Å². The largest absolute Gasteiger partial charge is 0.497 e. The summed E-state index contributed by atoms with van der Waals surface area (Å²) in [5, 5.41) is 2.74. The highest BCUT2D eigenvalue weighted by Gasteiger charge is 2.11. The minimum atomic E-state index is -0.323. The van der Waals surface area contributed by atoms with Crippen LogP contribution in [0.3, 0.4) is 0 Å². The fourth-order valence-corrected chi connectivity index (χ4v) is 1.22. The molecule has 0 aliphatic rings. The monoisotopic (exact) mass is 252 g/mol. The smallest absolute Gasteiger partial charge is 0.240 e. The quantitative estimate of drug-likeness (QED) is 0.786. The van der Waals surface area contributed by atoms with Crippen molar-refractivity contribution in [2.45, 2.75) is 26.4 Å². The van der Waals surface area contributed by atoms with E-state index < -0.39 is 0 Å². The van der Waals surface area contributed by atoms with Gasteiger partial charge in [0, 0.05) is 11.8 Å². The number of methoxy groups -OCH3 is 1. The predicted octanol–water partition coefficient (Wildman–Crippen LogP) is 1.95. The minimum absolute atomic E-state index is 0.0917. The van der Waals surface area contributed by atoms with Crippen LogP contribution >= 0.6 is 0 Å². The van der Waals surface area contributed by atoms with Crippen LogP contribution < -0.4 is 15.5 Å². The standard InChI is InChI=1S/C13H20N2O3/c1-13(2,3)18-14-9-12(16)15-10-6-5-7-11(8-10)17-4/h5-8,14H,9H2,1-4H3,(H,15,16). The van der Waals surface area contributed by atoms with E-state index in [9.17, 15) is 4.79 Å². The number of hydrogen-bond acceptors (Lipinski definition) is 4. The molecule has 0 aliphatic carbocycles. The van der Waals surface area contributed by atoms with Gasteiger partial charge in [0.15, 0.2) is 0 Å². The molecule has 0 fully saturated rings. The molecule has 0 unspecified atom stereocenters. The Morgan fingerprint density at radius 3 is 2.67 bits per heavy atom. The van der Waals surface area contributed by atoms with Gasteiger partial charge in [0.2, 0.25) is 5.91 Å². The van der Waals surface area contributed by atoms with Crippen LogP contribution in [0.25, 0.3) is 0 Å². The highest BCUT2D eigenvalue weighted by Crippen LogP contribution is 2.16. The van der Waals surface area contributed by atoms with Crippen LogP contribution in [0, 0.1) is 0 Å². The van der Waals surface area contributed by atoms with Gasteiger partial charge in [0.25, 0.3) is 0 Å². The van der Waals surface area contributed by atoms with E-state index in [2.05, 4.69) is 10.8 Å². The number of hydroxylamine groups is 1. The van der Waals surface area contributed by atoms with E-state index in [1.54, 1.807) is 19.2 Å². The van der Waals surface area contributed by atoms with Crippen molar-refractivity contribution in [1.82, 2.24) is 5.48 Å². The third-order valence-electron chi connectivity index (χ3n) is 1.96. The van der Waals surface area contributed by atoms with Gasteiger partial charge in [-0.1, -0.05) is 6.07 Å². The second-order valence-corrected chi connectivity index (χ2v) is 4.82. The first kappa shape index (κ1) is 14.5. The number of anilines is 1. The van der Waals surface area contributed by atoms with Gasteiger partial charge in [-0.3, -0.25) is 9.63 Å². The Morgan fingerprint density at radius 2 is 2.06 bits per heavy atom. The Morgan fingerprint density at radius 1 is 1.33 bits per heavy atom. The van der Waals surface area contributed by atoms with E-state index >= 15 is 0 Å². The van der Waals surface area contributed by atoms with Crippen molar-refractivity contribution in [3.63, 3.8) is 0 Å². The zero-order valence-corrected chi connectivity index (χ0v) is 11.2. The first-order valence-corrected chi connectivity index (χ1v) is 5.75. The Balaban J connectivity index is 2.40. The molecule has 1 amide bonds. The van der Waals surface area contributed by atoms with Gasteiger partial charge in [-0.2, -0.15) is 5.48 Å². The topological polar surface area (TPSA) is 59.6 Å². The highest BCUT2D eigenvalue weighted by molar-refractivity contribution is 5.92. The average Bonchev–Trinajstić information content (AvgIpc) is 2.27. The van der Waals surface area contributed by atoms with Crippen LogP contribution in [0.1, 0.15) is 20.8 Å². The van der Waals surface area contributed by atoms with E-state index in [0.717, 1.165) is 0 Å². The van der Waals surface area contributed by atoms with Crippen molar-refractivity contribution in [2.24, 2.45) is 0 Å². The number of carbonyl (C=O) groups is 1. The van der Waals surface area contributed by atoms with Crippen molar-refractivity contribution < 1.29 is 14.4 Å². The Bertz CT molecular complexity index is 399. The molecule has 1 aromatic carbocycles. The molecule has 0 spiro atoms. The molecule has 0 heterocycles. The van der Waals surface area contributed by atoms with Gasteiger partial charge in [0.05, 0.1) is 12.7 Å². The summed E-state index contributed by atoms with van der Waals surface area (Å²) in [5.74, 6) is 0.527. The lowest BCUT2D eigenvalue weighted by Gasteiger charge is -2.19. The van der Waals surface area contributed by atoms with Gasteiger partial charge in [-0.25, -0.2) is 0 Å². The van der Waals surface area contributed by atoms with Crippen LogP contribution in [0.2, 0.25) is 0 Å². The SMILES string of the molecule is COc1cccc(NC(=O)CNOC(C)(C)C)c1. The summed E-state index contributed by atoms with van der Waals surface area (Å²) in [6, 6.07) is 7.18. The molecule has 100 valence electrons. The predicted molar refractivity (Wildman–Crippen MR) is 70.5 cm³/mol. The van der Waals surface area contributed by atoms with Crippen LogP contribution in [0.15, 0.2) is 24.3 Å². The third kappa shape index (κ3) is 5.65. The highest BCUT2D eigenvalue weighted by atomic mass is 16.7. The van der Waals surface area contributed by atoms with E-state index in [-0.39, 0.29) is 18.1 Å². The molecule has 18 heavy (non-hydrogen) atoms. The van der Waals surface area contributed by atoms with Crippen molar-refractivity contribution >= 4 is 11.6 Å². The summed E-state index contributed by atoms with van der Waals surface area (Å²) in [4.78, 5) is 16.9. The molecular formula is C13H20N2O3. The maximum absolute atomic E-state index is 11.6. The molecule has 0 atom stereocenters. The summed E-state index contributed by atoms with van der Waals surface area (Å²) in [5.41, 5.74) is 3.00. The van der Waals surface area contributed by atoms with Crippen molar-refractivity contribution in [3.8, 4) is 5.75 Å². The summed E-state index contributed by atoms with van der Waals surface area (Å²) in [6.07, 6.45) is 0. The number of nitrogens with one attached hydrogen (secondary N) is 2. The van der Waals surface area contributed by atoms with Crippen molar-refractivity contribution in [3.05, 3.63) is 24.3 Å². The number of amides is 1. The first-order chi connectivity index (χ1) is 8.40. The average molecular weight is 252 g/mol. The maximum atomic E-state index is 11.6. The number of carbonyl (C=O) groups excluding carboxylic acids is 1. The number of ether oxygens (including phenoxy) is 1. The lowest BCUT2D eigenvalue weighted by Crippen LogP contribution is -2.34. The van der Waals surface area contributed by atoms with Crippen molar-refractivity contribution in [2.75, 3.05) is 19.0 Å². The van der Waals surface area contributed by atoms with Gasteiger partial charge in [-0.15, -0.1) is 0 Å². The molecular weight excluding hydrogens is 232 g/mol. The first-order valence-electron chi connectivity index (χ1n) is 5.75. The van der Waals surface area contributed by atoms with E-state index in [4.69, 9.17) is 9.57 Å². The second kappa shape index (κ2) is 6.37. The molecule has 5 heteroatoms. The number of benzene rings is 1. The molecule has 1 rings (SSSR count). The second-order valence-electron chi connectivity index (χ2n) is 4.82. The molecule has 0 aliphatic heterocycles. The molecule has 0 aromatic heterocycles. The maximum Gasteiger partial charge on any atom is 0.240 e. The molecule has 0 saturated heterocycles. The molecule has 0 radical (unpaired) electrons. The lowest BCUT2D eigenvalue weighted by molar-refractivity contribution is -0.122. The van der Waals surface area contributed by atoms with Crippen molar-refractivity contribution in [1.29, 1.82) is 0 Å². The normalized spacial score (nSPS) is 11.1. The lowest BCUT2D eigenvalue weighted by atomic mass is 10.2. The zero-order valence-electron chi connectivity index (χ0n) is 11.2. The molecule has 1 aromatic rings. The van der Waals surface area contributed by atoms with Gasteiger partial charge >= 0.3 is 0 Å². The zero-order chi connectivity index (χ0) is 13.6. The molecule has 2 N–H and O–H groups in total. The van der Waals surface area contributed by atoms with E-state index in [1.807, 2.05) is 32.9 Å². The number of hydrogen-bond donors (Lipinski definition) is 2. The van der Waals surface area contributed by atoms with Gasteiger partial charge in [0.1, 0.15) is 12.3 Å². The summed E-state index contributed by atoms with van der Waals surface area (Å²) >= 11 is 0. The summed E-state index contributed by atoms with van der Waals surface area (Å²) in [6.45, 7) is 5.80. The Hall–Kier alpha value is -1.59. The molecule has 0 bridgehead atoms. The molecule has 5 nitrogen and oxygen atoms in total. The minimum Gasteiger partial charge on any atom is -0.497 e. The van der Waals surface area contributed by atoms with Crippen LogP contribution in [-0.4, -0.2) is 25.2 Å². The Labute approximate surface area is 107 Å². The Kier molecular flexibility index (Phi) is 5.12. The number of rotatable bonds is 5. The van der Waals surface area contributed by atoms with E-state index in [1.165, 1.54) is 0 Å². The van der Waals surface area contributed by atoms with Crippen LogP contribution in [0.4, 0.5) is 5.69 Å². The fraction of sp³-hybridized carbons (Fsp3) is 0.462. The van der Waals surface area contributed by atoms with E-state index in [0.29, 0.717) is 11.4 Å². The summed E-state index contributed by atoms with van der Waals surface area (Å²) in [7, 11) is 1.58.